The van der Waals surface area contributed by atoms with E-state index < -0.39 is 12.3 Å². The van der Waals surface area contributed by atoms with Gasteiger partial charge in [-0.25, -0.2) is 0 Å². The molecule has 0 aromatic heterocycles. The van der Waals surface area contributed by atoms with E-state index >= 15 is 0 Å². The molecule has 0 heterocycles. The van der Waals surface area contributed by atoms with Gasteiger partial charge in [0.2, 0.25) is 4.58 Å². The molecule has 9 heavy (non-hydrogen) atoms. The van der Waals surface area contributed by atoms with Gasteiger partial charge in [0.05, 0.1) is 6.61 Å². The van der Waals surface area contributed by atoms with Crippen LogP contribution in [0, 0.1) is 0 Å². The average molecular weight is 195 g/mol. The molecule has 0 fully saturated rings. The van der Waals surface area contributed by atoms with Crippen LogP contribution in [-0.2, 0) is 9.09 Å². The monoisotopic (exact) mass is 194 g/mol. The number of hydrogen-bond acceptors (Lipinski definition) is 2. The van der Waals surface area contributed by atoms with E-state index in [1.54, 1.807) is 0 Å². The zero-order chi connectivity index (χ0) is 7.49. The van der Waals surface area contributed by atoms with E-state index in [4.69, 9.17) is 23.2 Å². The van der Waals surface area contributed by atoms with Crippen molar-refractivity contribution in [2.75, 3.05) is 6.61 Å². The summed E-state index contributed by atoms with van der Waals surface area (Å²) in [7, 11) is -4.23. The molecule has 0 bridgehead atoms. The van der Waals surface area contributed by atoms with Crippen LogP contribution in [0.5, 0.6) is 0 Å². The van der Waals surface area contributed by atoms with Crippen molar-refractivity contribution < 1.29 is 13.3 Å². The Balaban J connectivity index is 3.87. The molecule has 0 aromatic rings. The van der Waals surface area contributed by atoms with Crippen molar-refractivity contribution in [1.29, 1.82) is 0 Å². The van der Waals surface area contributed by atoms with Gasteiger partial charge in [0.1, 0.15) is 0 Å². The molecule has 0 aliphatic heterocycles. The van der Waals surface area contributed by atoms with E-state index in [1.165, 1.54) is 6.92 Å². The van der Waals surface area contributed by atoms with E-state index in [0.717, 1.165) is 0 Å². The SMILES string of the molecule is CCOP(=O)(F)C(Cl)Cl. The third-order valence-corrected chi connectivity index (χ3v) is 3.01. The normalized spacial score (nSPS) is 17.9. The lowest BCUT2D eigenvalue weighted by Crippen LogP contribution is -1.91. The van der Waals surface area contributed by atoms with Gasteiger partial charge in [0.15, 0.2) is 0 Å². The molecule has 0 N–H and O–H groups in total. The predicted octanol–water partition coefficient (Wildman–Crippen LogP) is 2.95. The minimum atomic E-state index is -4.23. The summed E-state index contributed by atoms with van der Waals surface area (Å²) in [6.45, 7) is 1.51. The van der Waals surface area contributed by atoms with Crippen LogP contribution in [0.15, 0.2) is 0 Å². The summed E-state index contributed by atoms with van der Waals surface area (Å²) in [5.74, 6) is 0. The van der Waals surface area contributed by atoms with Gasteiger partial charge in [0, 0.05) is 0 Å². The van der Waals surface area contributed by atoms with Gasteiger partial charge in [-0.3, -0.25) is 4.57 Å². The minimum Gasteiger partial charge on any atom is -0.304 e. The Morgan fingerprint density at radius 2 is 2.22 bits per heavy atom. The molecule has 1 unspecified atom stereocenters. The van der Waals surface area contributed by atoms with Crippen molar-refractivity contribution in [3.8, 4) is 0 Å². The molecule has 0 aliphatic carbocycles. The molecule has 56 valence electrons. The van der Waals surface area contributed by atoms with Crippen LogP contribution in [-0.4, -0.2) is 11.2 Å². The zero-order valence-corrected chi connectivity index (χ0v) is 7.09. The molecule has 0 radical (unpaired) electrons. The summed E-state index contributed by atoms with van der Waals surface area (Å²) in [6.07, 6.45) is 0. The Labute approximate surface area is 62.9 Å². The summed E-state index contributed by atoms with van der Waals surface area (Å²) in [4.78, 5) is 0. The number of rotatable bonds is 3. The third-order valence-electron chi connectivity index (χ3n) is 0.538. The molecule has 0 aromatic carbocycles. The highest BCUT2D eigenvalue weighted by Gasteiger charge is 2.30. The maximum Gasteiger partial charge on any atom is 0.399 e. The highest BCUT2D eigenvalue weighted by atomic mass is 35.5. The van der Waals surface area contributed by atoms with Crippen molar-refractivity contribution in [3.05, 3.63) is 0 Å². The molecule has 6 heteroatoms. The van der Waals surface area contributed by atoms with Crippen LogP contribution < -0.4 is 0 Å². The van der Waals surface area contributed by atoms with Gasteiger partial charge in [-0.05, 0) is 6.92 Å². The first-order valence-electron chi connectivity index (χ1n) is 2.22. The molecular formula is C3H6Cl2FO2P. The van der Waals surface area contributed by atoms with Gasteiger partial charge in [0.25, 0.3) is 0 Å². The van der Waals surface area contributed by atoms with Crippen LogP contribution in [0.1, 0.15) is 6.92 Å². The highest BCUT2D eigenvalue weighted by Crippen LogP contribution is 2.56. The molecule has 0 aliphatic rings. The molecule has 0 rings (SSSR count). The Bertz CT molecular complexity index is 129. The van der Waals surface area contributed by atoms with E-state index in [1.807, 2.05) is 0 Å². The summed E-state index contributed by atoms with van der Waals surface area (Å²) >= 11 is 9.90. The Morgan fingerprint density at radius 3 is 2.33 bits per heavy atom. The molecule has 0 amide bonds. The fourth-order valence-corrected chi connectivity index (χ4v) is 1.04. The Morgan fingerprint density at radius 1 is 1.78 bits per heavy atom. The summed E-state index contributed by atoms with van der Waals surface area (Å²) in [6, 6.07) is 0. The molecule has 0 saturated heterocycles. The van der Waals surface area contributed by atoms with Crippen LogP contribution in [0.3, 0.4) is 0 Å². The lowest BCUT2D eigenvalue weighted by atomic mass is 10.9. The first-order valence-corrected chi connectivity index (χ1v) is 4.68. The van der Waals surface area contributed by atoms with Gasteiger partial charge >= 0.3 is 7.68 Å². The number of hydrogen-bond donors (Lipinski definition) is 0. The van der Waals surface area contributed by atoms with Crippen molar-refractivity contribution in [1.82, 2.24) is 0 Å². The Kier molecular flexibility index (Phi) is 4.06. The second-order valence-corrected chi connectivity index (χ2v) is 4.74. The highest BCUT2D eigenvalue weighted by molar-refractivity contribution is 7.58. The molecule has 0 saturated carbocycles. The van der Waals surface area contributed by atoms with Crippen molar-refractivity contribution in [2.45, 2.75) is 11.5 Å². The van der Waals surface area contributed by atoms with E-state index in [9.17, 15) is 8.76 Å². The van der Waals surface area contributed by atoms with Crippen LogP contribution >= 0.6 is 30.9 Å². The second kappa shape index (κ2) is 3.77. The van der Waals surface area contributed by atoms with Crippen LogP contribution in [0.25, 0.3) is 0 Å². The summed E-state index contributed by atoms with van der Waals surface area (Å²) in [5, 5.41) is 0. The van der Waals surface area contributed by atoms with Crippen LogP contribution in [0.4, 0.5) is 4.20 Å². The first-order chi connectivity index (χ1) is 4.00. The van der Waals surface area contributed by atoms with Gasteiger partial charge in [-0.1, -0.05) is 23.2 Å². The standard InChI is InChI=1S/C3H6Cl2FO2P/c1-2-8-9(6,7)3(4)5/h3H,2H2,1H3. The summed E-state index contributed by atoms with van der Waals surface area (Å²) < 4.78 is 25.2. The number of alkyl halides is 2. The third kappa shape index (κ3) is 3.41. The topological polar surface area (TPSA) is 26.3 Å². The van der Waals surface area contributed by atoms with Crippen molar-refractivity contribution in [3.63, 3.8) is 0 Å². The van der Waals surface area contributed by atoms with Crippen LogP contribution in [0.2, 0.25) is 0 Å². The minimum absolute atomic E-state index is 0.00369. The molecular weight excluding hydrogens is 189 g/mol. The lowest BCUT2D eigenvalue weighted by molar-refractivity contribution is 0.306. The quantitative estimate of drug-likeness (QED) is 0.511. The first kappa shape index (κ1) is 9.70. The zero-order valence-electron chi connectivity index (χ0n) is 4.68. The van der Waals surface area contributed by atoms with E-state index in [0.29, 0.717) is 0 Å². The molecule has 1 atom stereocenters. The average Bonchev–Trinajstić information content (AvgIpc) is 1.65. The van der Waals surface area contributed by atoms with E-state index in [2.05, 4.69) is 4.52 Å². The summed E-state index contributed by atoms with van der Waals surface area (Å²) in [5.41, 5.74) is 0. The fourth-order valence-electron chi connectivity index (χ4n) is 0.232. The van der Waals surface area contributed by atoms with Gasteiger partial charge in [-0.2, -0.15) is 4.20 Å². The second-order valence-electron chi connectivity index (χ2n) is 1.22. The smallest absolute Gasteiger partial charge is 0.304 e. The predicted molar refractivity (Wildman–Crippen MR) is 35.8 cm³/mol. The molecule has 2 nitrogen and oxygen atoms in total. The Hall–Kier alpha value is 0.700. The molecule has 0 spiro atoms. The van der Waals surface area contributed by atoms with Crippen molar-refractivity contribution >= 4 is 30.9 Å². The van der Waals surface area contributed by atoms with Crippen molar-refractivity contribution in [2.24, 2.45) is 0 Å². The fraction of sp³-hybridized carbons (Fsp3) is 1.00. The largest absolute Gasteiger partial charge is 0.399 e. The number of halogens is 3. The van der Waals surface area contributed by atoms with E-state index in [-0.39, 0.29) is 6.61 Å². The maximum atomic E-state index is 12.3. The van der Waals surface area contributed by atoms with Gasteiger partial charge in [-0.15, -0.1) is 0 Å². The van der Waals surface area contributed by atoms with Gasteiger partial charge < -0.3 is 4.52 Å². The lowest BCUT2D eigenvalue weighted by Gasteiger charge is -2.06. The maximum absolute atomic E-state index is 12.3.